The van der Waals surface area contributed by atoms with Crippen LogP contribution in [0.1, 0.15) is 46.2 Å². The highest BCUT2D eigenvalue weighted by molar-refractivity contribution is 6.31. The van der Waals surface area contributed by atoms with Gasteiger partial charge < -0.3 is 19.9 Å². The quantitative estimate of drug-likeness (QED) is 0.507. The number of benzene rings is 1. The number of ether oxygens (including phenoxy) is 1. The number of amides is 2. The van der Waals surface area contributed by atoms with Gasteiger partial charge in [0.15, 0.2) is 0 Å². The van der Waals surface area contributed by atoms with E-state index in [4.69, 9.17) is 27.9 Å². The fourth-order valence-corrected chi connectivity index (χ4v) is 4.29. The lowest BCUT2D eigenvalue weighted by Gasteiger charge is -2.24. The Bertz CT molecular complexity index is 1160. The molecule has 0 saturated heterocycles. The molecule has 32 heavy (non-hydrogen) atoms. The number of aromatic nitrogens is 4. The molecule has 0 saturated carbocycles. The number of fused-ring (bicyclic) bond motifs is 1. The summed E-state index contributed by atoms with van der Waals surface area (Å²) in [7, 11) is 1.67. The predicted molar refractivity (Wildman–Crippen MR) is 115 cm³/mol. The van der Waals surface area contributed by atoms with Gasteiger partial charge >= 0.3 is 6.09 Å². The number of nitrogens with zero attached hydrogens (tertiary/aromatic N) is 3. The maximum atomic E-state index is 13.4. The van der Waals surface area contributed by atoms with E-state index in [0.717, 1.165) is 12.0 Å². The summed E-state index contributed by atoms with van der Waals surface area (Å²) in [5.41, 5.74) is 2.64. The first-order valence-electron chi connectivity index (χ1n) is 9.76. The molecule has 9 nitrogen and oxygen atoms in total. The number of hydrogen-bond acceptors (Lipinski definition) is 5. The number of carbonyl (C=O) groups is 2. The average Bonchev–Trinajstić information content (AvgIpc) is 3.36. The molecule has 0 bridgehead atoms. The van der Waals surface area contributed by atoms with E-state index in [9.17, 15) is 14.0 Å². The minimum atomic E-state index is -0.627. The summed E-state index contributed by atoms with van der Waals surface area (Å²) in [5.74, 6) is -0.985. The van der Waals surface area contributed by atoms with E-state index in [1.165, 1.54) is 24.4 Å². The molecule has 2 aromatic heterocycles. The Morgan fingerprint density at radius 3 is 2.91 bits per heavy atom. The van der Waals surface area contributed by atoms with Crippen LogP contribution in [0.5, 0.6) is 0 Å². The number of rotatable bonds is 5. The molecule has 2 heterocycles. The summed E-state index contributed by atoms with van der Waals surface area (Å²) in [4.78, 5) is 25.3. The van der Waals surface area contributed by atoms with E-state index in [1.807, 2.05) is 0 Å². The van der Waals surface area contributed by atoms with Gasteiger partial charge in [0.05, 0.1) is 17.3 Å². The Kier molecular flexibility index (Phi) is 6.33. The van der Waals surface area contributed by atoms with E-state index in [1.54, 1.807) is 11.6 Å². The van der Waals surface area contributed by atoms with E-state index in [2.05, 4.69) is 26.0 Å². The molecule has 0 aliphatic heterocycles. The smallest absolute Gasteiger partial charge is 0.408 e. The molecule has 12 heteroatoms. The molecule has 1 unspecified atom stereocenters. The molecule has 1 aromatic carbocycles. The van der Waals surface area contributed by atoms with E-state index in [-0.39, 0.29) is 11.6 Å². The zero-order valence-electron chi connectivity index (χ0n) is 16.9. The second kappa shape index (κ2) is 9.17. The summed E-state index contributed by atoms with van der Waals surface area (Å²) in [6.45, 7) is -0.0294. The van der Waals surface area contributed by atoms with Gasteiger partial charge in [0, 0.05) is 18.3 Å². The SMILES string of the molecule is Cn1c(Cl)c2c(c1C(=O)Nc1ccc(F)c(Cl)c1)CCCC2NC(=O)OCc1cn[nH]n1. The van der Waals surface area contributed by atoms with Gasteiger partial charge in [0.1, 0.15) is 29.0 Å². The van der Waals surface area contributed by atoms with Crippen molar-refractivity contribution < 1.29 is 18.7 Å². The summed E-state index contributed by atoms with van der Waals surface area (Å²) in [5, 5.41) is 15.7. The van der Waals surface area contributed by atoms with E-state index < -0.39 is 23.9 Å². The normalized spacial score (nSPS) is 15.2. The standard InChI is InChI=1S/C20H19Cl2FN6O3/c1-29-17(19(30)25-10-5-6-14(23)13(21)7-10)12-3-2-4-15(16(12)18(29)22)26-20(31)32-9-11-8-24-28-27-11/h5-8,15H,2-4,9H2,1H3,(H,25,30)(H,26,31)(H,24,27,28). The molecule has 1 aliphatic carbocycles. The van der Waals surface area contributed by atoms with Gasteiger partial charge in [0.2, 0.25) is 0 Å². The Hall–Kier alpha value is -3.11. The lowest BCUT2D eigenvalue weighted by atomic mass is 9.89. The van der Waals surface area contributed by atoms with Crippen LogP contribution in [-0.4, -0.2) is 32.0 Å². The van der Waals surface area contributed by atoms with Crippen molar-refractivity contribution >= 4 is 40.9 Å². The van der Waals surface area contributed by atoms with Gasteiger partial charge in [-0.2, -0.15) is 15.4 Å². The molecule has 4 rings (SSSR count). The van der Waals surface area contributed by atoms with Crippen LogP contribution in [0.25, 0.3) is 0 Å². The second-order valence-electron chi connectivity index (χ2n) is 7.30. The lowest BCUT2D eigenvalue weighted by molar-refractivity contribution is 0.101. The summed E-state index contributed by atoms with van der Waals surface area (Å²) < 4.78 is 20.2. The number of nitrogens with one attached hydrogen (secondary N) is 3. The van der Waals surface area contributed by atoms with Gasteiger partial charge in [-0.3, -0.25) is 4.79 Å². The van der Waals surface area contributed by atoms with Crippen molar-refractivity contribution in [2.75, 3.05) is 5.32 Å². The molecule has 0 spiro atoms. The molecule has 1 atom stereocenters. The van der Waals surface area contributed by atoms with Crippen molar-refractivity contribution in [3.63, 3.8) is 0 Å². The average molecular weight is 481 g/mol. The molecule has 2 amide bonds. The highest BCUT2D eigenvalue weighted by Crippen LogP contribution is 2.39. The maximum absolute atomic E-state index is 13.4. The van der Waals surface area contributed by atoms with Crippen LogP contribution in [0.3, 0.4) is 0 Å². The van der Waals surface area contributed by atoms with Crippen LogP contribution in [0.15, 0.2) is 24.4 Å². The van der Waals surface area contributed by atoms with E-state index >= 15 is 0 Å². The van der Waals surface area contributed by atoms with Gasteiger partial charge in [-0.15, -0.1) is 0 Å². The molecule has 0 radical (unpaired) electrons. The maximum Gasteiger partial charge on any atom is 0.408 e. The Morgan fingerprint density at radius 1 is 1.38 bits per heavy atom. The number of aromatic amines is 1. The van der Waals surface area contributed by atoms with E-state index in [0.29, 0.717) is 40.6 Å². The van der Waals surface area contributed by atoms with Crippen molar-refractivity contribution in [3.8, 4) is 0 Å². The Labute approximate surface area is 192 Å². The summed E-state index contributed by atoms with van der Waals surface area (Å²) in [6, 6.07) is 3.52. The van der Waals surface area contributed by atoms with Crippen molar-refractivity contribution in [2.45, 2.75) is 31.9 Å². The van der Waals surface area contributed by atoms with Crippen LogP contribution in [0.4, 0.5) is 14.9 Å². The van der Waals surface area contributed by atoms with Gasteiger partial charge in [0.25, 0.3) is 5.91 Å². The van der Waals surface area contributed by atoms with Crippen LogP contribution >= 0.6 is 23.2 Å². The first-order valence-corrected chi connectivity index (χ1v) is 10.5. The number of hydrogen-bond donors (Lipinski definition) is 3. The molecular formula is C20H19Cl2FN6O3. The van der Waals surface area contributed by atoms with Crippen molar-refractivity contribution in [3.05, 3.63) is 62.9 Å². The molecule has 3 N–H and O–H groups in total. The minimum Gasteiger partial charge on any atom is -0.443 e. The Morgan fingerprint density at radius 2 is 2.19 bits per heavy atom. The number of alkyl carbamates (subject to hydrolysis) is 1. The summed E-state index contributed by atoms with van der Waals surface area (Å²) >= 11 is 12.4. The van der Waals surface area contributed by atoms with Crippen molar-refractivity contribution in [1.82, 2.24) is 25.3 Å². The molecule has 1 aliphatic rings. The molecule has 168 valence electrons. The molecule has 0 fully saturated rings. The van der Waals surface area contributed by atoms with Crippen molar-refractivity contribution in [1.29, 1.82) is 0 Å². The zero-order chi connectivity index (χ0) is 22.8. The van der Waals surface area contributed by atoms with Crippen molar-refractivity contribution in [2.24, 2.45) is 7.05 Å². The lowest BCUT2D eigenvalue weighted by Crippen LogP contribution is -2.31. The third-order valence-corrected chi connectivity index (χ3v) is 5.98. The third kappa shape index (κ3) is 4.42. The number of H-pyrrole nitrogens is 1. The number of anilines is 1. The molecular weight excluding hydrogens is 462 g/mol. The topological polar surface area (TPSA) is 114 Å². The van der Waals surface area contributed by atoms with Crippen LogP contribution in [0.2, 0.25) is 10.2 Å². The first kappa shape index (κ1) is 22.1. The van der Waals surface area contributed by atoms with Gasteiger partial charge in [-0.25, -0.2) is 9.18 Å². The fraction of sp³-hybridized carbons (Fsp3) is 0.300. The highest BCUT2D eigenvalue weighted by Gasteiger charge is 2.33. The first-order chi connectivity index (χ1) is 15.3. The number of halogens is 3. The van der Waals surface area contributed by atoms with Crippen LogP contribution in [0, 0.1) is 5.82 Å². The largest absolute Gasteiger partial charge is 0.443 e. The molecule has 3 aromatic rings. The predicted octanol–water partition coefficient (Wildman–Crippen LogP) is 4.15. The zero-order valence-corrected chi connectivity index (χ0v) is 18.4. The Balaban J connectivity index is 1.53. The summed E-state index contributed by atoms with van der Waals surface area (Å²) in [6.07, 6.45) is 2.83. The number of carbonyl (C=O) groups excluding carboxylic acids is 2. The minimum absolute atomic E-state index is 0.0294. The van der Waals surface area contributed by atoms with Crippen LogP contribution < -0.4 is 10.6 Å². The second-order valence-corrected chi connectivity index (χ2v) is 8.07. The van der Waals surface area contributed by atoms with Gasteiger partial charge in [-0.05, 0) is 43.0 Å². The van der Waals surface area contributed by atoms with Gasteiger partial charge in [-0.1, -0.05) is 23.2 Å². The highest BCUT2D eigenvalue weighted by atomic mass is 35.5. The monoisotopic (exact) mass is 480 g/mol. The third-order valence-electron chi connectivity index (χ3n) is 5.23. The fourth-order valence-electron chi connectivity index (χ4n) is 3.78. The van der Waals surface area contributed by atoms with Crippen LogP contribution in [-0.2, 0) is 24.8 Å².